The molecule has 2 rings (SSSR count). The second-order valence-electron chi connectivity index (χ2n) is 6.04. The lowest BCUT2D eigenvalue weighted by Crippen LogP contribution is -2.37. The van der Waals surface area contributed by atoms with Crippen LogP contribution in [0.4, 0.5) is 5.69 Å². The minimum Gasteiger partial charge on any atom is -0.496 e. The largest absolute Gasteiger partial charge is 0.496 e. The van der Waals surface area contributed by atoms with Crippen molar-refractivity contribution in [1.82, 2.24) is 5.32 Å². The van der Waals surface area contributed by atoms with Crippen LogP contribution in [0.1, 0.15) is 38.3 Å². The van der Waals surface area contributed by atoms with Gasteiger partial charge in [0.2, 0.25) is 0 Å². The SMILES string of the molecule is CCNC(C)c1c(OC)cccc1N(C)CC1CC(O)C1. The maximum absolute atomic E-state index is 9.45. The van der Waals surface area contributed by atoms with E-state index in [0.29, 0.717) is 5.92 Å². The van der Waals surface area contributed by atoms with Crippen LogP contribution in [0.3, 0.4) is 0 Å². The molecule has 118 valence electrons. The Morgan fingerprint density at radius 2 is 2.14 bits per heavy atom. The van der Waals surface area contributed by atoms with E-state index >= 15 is 0 Å². The molecular weight excluding hydrogens is 264 g/mol. The molecule has 1 atom stereocenters. The van der Waals surface area contributed by atoms with Crippen LogP contribution in [0.5, 0.6) is 5.75 Å². The number of methoxy groups -OCH3 is 1. The summed E-state index contributed by atoms with van der Waals surface area (Å²) in [7, 11) is 3.85. The lowest BCUT2D eigenvalue weighted by Gasteiger charge is -2.36. The van der Waals surface area contributed by atoms with E-state index in [-0.39, 0.29) is 12.1 Å². The zero-order chi connectivity index (χ0) is 15.4. The van der Waals surface area contributed by atoms with Crippen LogP contribution in [0.25, 0.3) is 0 Å². The highest BCUT2D eigenvalue weighted by Gasteiger charge is 2.29. The first-order chi connectivity index (χ1) is 10.1. The molecule has 1 saturated carbocycles. The molecule has 0 amide bonds. The van der Waals surface area contributed by atoms with E-state index in [0.717, 1.165) is 31.7 Å². The fraction of sp³-hybridized carbons (Fsp3) is 0.647. The molecule has 1 unspecified atom stereocenters. The van der Waals surface area contributed by atoms with Gasteiger partial charge in [0.15, 0.2) is 0 Å². The van der Waals surface area contributed by atoms with Gasteiger partial charge in [0.05, 0.1) is 13.2 Å². The highest BCUT2D eigenvalue weighted by molar-refractivity contribution is 5.60. The van der Waals surface area contributed by atoms with Gasteiger partial charge >= 0.3 is 0 Å². The Balaban J connectivity index is 2.20. The maximum Gasteiger partial charge on any atom is 0.125 e. The number of rotatable bonds is 7. The van der Waals surface area contributed by atoms with Crippen LogP contribution in [0.2, 0.25) is 0 Å². The fourth-order valence-electron chi connectivity index (χ4n) is 3.22. The highest BCUT2D eigenvalue weighted by Crippen LogP contribution is 2.36. The molecule has 1 aliphatic rings. The molecular formula is C17H28N2O2. The average Bonchev–Trinajstić information content (AvgIpc) is 2.44. The van der Waals surface area contributed by atoms with E-state index in [2.05, 4.69) is 37.2 Å². The summed E-state index contributed by atoms with van der Waals surface area (Å²) in [4.78, 5) is 2.29. The van der Waals surface area contributed by atoms with Crippen molar-refractivity contribution < 1.29 is 9.84 Å². The number of nitrogens with one attached hydrogen (secondary N) is 1. The Labute approximate surface area is 128 Å². The Morgan fingerprint density at radius 1 is 1.43 bits per heavy atom. The van der Waals surface area contributed by atoms with Crippen molar-refractivity contribution in [3.8, 4) is 5.75 Å². The molecule has 2 N–H and O–H groups in total. The van der Waals surface area contributed by atoms with Crippen LogP contribution < -0.4 is 15.0 Å². The highest BCUT2D eigenvalue weighted by atomic mass is 16.5. The first-order valence-electron chi connectivity index (χ1n) is 7.86. The van der Waals surface area contributed by atoms with Crippen molar-refractivity contribution in [1.29, 1.82) is 0 Å². The third-order valence-electron chi connectivity index (χ3n) is 4.36. The number of anilines is 1. The van der Waals surface area contributed by atoms with Crippen LogP contribution >= 0.6 is 0 Å². The average molecular weight is 292 g/mol. The fourth-order valence-corrected chi connectivity index (χ4v) is 3.22. The summed E-state index contributed by atoms with van der Waals surface area (Å²) in [6, 6.07) is 6.47. The zero-order valence-corrected chi connectivity index (χ0v) is 13.6. The van der Waals surface area contributed by atoms with E-state index in [4.69, 9.17) is 4.74 Å². The summed E-state index contributed by atoms with van der Waals surface area (Å²) >= 11 is 0. The van der Waals surface area contributed by atoms with Gasteiger partial charge in [-0.2, -0.15) is 0 Å². The molecule has 0 aliphatic heterocycles. The van der Waals surface area contributed by atoms with Gasteiger partial charge in [-0.3, -0.25) is 0 Å². The van der Waals surface area contributed by atoms with Crippen molar-refractivity contribution in [2.75, 3.05) is 32.1 Å². The quantitative estimate of drug-likeness (QED) is 0.811. The molecule has 1 aliphatic carbocycles. The molecule has 1 fully saturated rings. The molecule has 0 heterocycles. The normalized spacial score (nSPS) is 22.5. The predicted molar refractivity (Wildman–Crippen MR) is 87.1 cm³/mol. The Kier molecular flexibility index (Phi) is 5.48. The monoisotopic (exact) mass is 292 g/mol. The smallest absolute Gasteiger partial charge is 0.125 e. The van der Waals surface area contributed by atoms with Gasteiger partial charge in [-0.1, -0.05) is 13.0 Å². The zero-order valence-electron chi connectivity index (χ0n) is 13.6. The molecule has 0 aromatic heterocycles. The summed E-state index contributed by atoms with van der Waals surface area (Å²) in [5, 5.41) is 12.9. The van der Waals surface area contributed by atoms with Crippen LogP contribution in [0, 0.1) is 5.92 Å². The van der Waals surface area contributed by atoms with E-state index in [9.17, 15) is 5.11 Å². The number of aliphatic hydroxyl groups excluding tert-OH is 1. The summed E-state index contributed by atoms with van der Waals surface area (Å²) in [5.74, 6) is 1.53. The Bertz CT molecular complexity index is 458. The van der Waals surface area contributed by atoms with E-state index in [1.165, 1.54) is 11.3 Å². The number of aliphatic hydroxyl groups is 1. The molecule has 4 heteroatoms. The summed E-state index contributed by atoms with van der Waals surface area (Å²) in [5.41, 5.74) is 2.42. The third kappa shape index (κ3) is 3.69. The van der Waals surface area contributed by atoms with E-state index in [1.54, 1.807) is 7.11 Å². The van der Waals surface area contributed by atoms with Crippen LogP contribution in [-0.4, -0.2) is 38.5 Å². The standard InChI is InChI=1S/C17H28N2O2/c1-5-18-12(2)17-15(7-6-8-16(17)21-4)19(3)11-13-9-14(20)10-13/h6-8,12-14,18,20H,5,9-11H2,1-4H3. The first-order valence-corrected chi connectivity index (χ1v) is 7.86. The number of hydrogen-bond donors (Lipinski definition) is 2. The number of hydrogen-bond acceptors (Lipinski definition) is 4. The Hall–Kier alpha value is -1.26. The predicted octanol–water partition coefficient (Wildman–Crippen LogP) is 2.57. The topological polar surface area (TPSA) is 44.7 Å². The maximum atomic E-state index is 9.45. The van der Waals surface area contributed by atoms with E-state index < -0.39 is 0 Å². The Morgan fingerprint density at radius 3 is 2.71 bits per heavy atom. The second-order valence-corrected chi connectivity index (χ2v) is 6.04. The molecule has 0 spiro atoms. The second kappa shape index (κ2) is 7.14. The molecule has 0 saturated heterocycles. The molecule has 0 bridgehead atoms. The minimum atomic E-state index is -0.0890. The summed E-state index contributed by atoms with van der Waals surface area (Å²) in [6.07, 6.45) is 1.76. The molecule has 21 heavy (non-hydrogen) atoms. The summed E-state index contributed by atoms with van der Waals surface area (Å²) < 4.78 is 5.56. The molecule has 4 nitrogen and oxygen atoms in total. The van der Waals surface area contributed by atoms with Crippen LogP contribution in [0.15, 0.2) is 18.2 Å². The van der Waals surface area contributed by atoms with Crippen molar-refractivity contribution in [3.63, 3.8) is 0 Å². The third-order valence-corrected chi connectivity index (χ3v) is 4.36. The van der Waals surface area contributed by atoms with Crippen LogP contribution in [-0.2, 0) is 0 Å². The van der Waals surface area contributed by atoms with Crippen molar-refractivity contribution >= 4 is 5.69 Å². The van der Waals surface area contributed by atoms with Gasteiger partial charge in [0.25, 0.3) is 0 Å². The van der Waals surface area contributed by atoms with Crippen molar-refractivity contribution in [2.24, 2.45) is 5.92 Å². The number of ether oxygens (including phenoxy) is 1. The molecule has 1 aromatic rings. The molecule has 1 aromatic carbocycles. The van der Waals surface area contributed by atoms with Gasteiger partial charge in [0.1, 0.15) is 5.75 Å². The van der Waals surface area contributed by atoms with Gasteiger partial charge in [-0.05, 0) is 44.4 Å². The lowest BCUT2D eigenvalue weighted by molar-refractivity contribution is 0.0464. The summed E-state index contributed by atoms with van der Waals surface area (Å²) in [6.45, 7) is 6.20. The number of nitrogens with zero attached hydrogens (tertiary/aromatic N) is 1. The first kappa shape index (κ1) is 16.1. The molecule has 0 radical (unpaired) electrons. The van der Waals surface area contributed by atoms with Crippen molar-refractivity contribution in [3.05, 3.63) is 23.8 Å². The minimum absolute atomic E-state index is 0.0890. The van der Waals surface area contributed by atoms with Gasteiger partial charge < -0.3 is 20.1 Å². The van der Waals surface area contributed by atoms with Crippen molar-refractivity contribution in [2.45, 2.75) is 38.8 Å². The lowest BCUT2D eigenvalue weighted by atomic mass is 9.82. The van der Waals surface area contributed by atoms with Gasteiger partial charge in [-0.25, -0.2) is 0 Å². The van der Waals surface area contributed by atoms with Gasteiger partial charge in [0, 0.05) is 30.9 Å². The van der Waals surface area contributed by atoms with E-state index in [1.807, 2.05) is 12.1 Å². The van der Waals surface area contributed by atoms with Gasteiger partial charge in [-0.15, -0.1) is 0 Å². The number of benzene rings is 1.